The number of fused-ring (bicyclic) bond motifs is 1. The topological polar surface area (TPSA) is 122 Å². The van der Waals surface area contributed by atoms with E-state index in [2.05, 4.69) is 20.3 Å². The average molecular weight is 349 g/mol. The third-order valence-electron chi connectivity index (χ3n) is 4.83. The van der Waals surface area contributed by atoms with Crippen molar-refractivity contribution >= 4 is 23.0 Å². The highest BCUT2D eigenvalue weighted by atomic mass is 16.5. The number of anilines is 1. The first-order valence-corrected chi connectivity index (χ1v) is 8.37. The number of carbonyl (C=O) groups excluding carboxylic acids is 1. The second-order valence-electron chi connectivity index (χ2n) is 6.85. The van der Waals surface area contributed by atoms with Gasteiger partial charge in [-0.15, -0.1) is 0 Å². The van der Waals surface area contributed by atoms with Crippen LogP contribution in [0.4, 0.5) is 5.95 Å². The number of hydrogen-bond donors (Lipinski definition) is 3. The van der Waals surface area contributed by atoms with E-state index in [1.807, 2.05) is 13.8 Å². The molecule has 3 rings (SSSR count). The zero-order chi connectivity index (χ0) is 18.3. The number of rotatable bonds is 4. The van der Waals surface area contributed by atoms with Gasteiger partial charge < -0.3 is 9.84 Å². The van der Waals surface area contributed by atoms with Gasteiger partial charge in [-0.05, 0) is 5.92 Å². The molecule has 1 fully saturated rings. The molecule has 2 aromatic rings. The van der Waals surface area contributed by atoms with Crippen molar-refractivity contribution in [2.45, 2.75) is 40.0 Å². The van der Waals surface area contributed by atoms with E-state index in [-0.39, 0.29) is 54.1 Å². The Morgan fingerprint density at radius 1 is 1.44 bits per heavy atom. The molecular weight excluding hydrogens is 326 g/mol. The molecule has 3 N–H and O–H groups in total. The van der Waals surface area contributed by atoms with Gasteiger partial charge in [0.05, 0.1) is 19.0 Å². The quantitative estimate of drug-likeness (QED) is 0.753. The van der Waals surface area contributed by atoms with Gasteiger partial charge in [0, 0.05) is 11.8 Å². The monoisotopic (exact) mass is 349 g/mol. The molecule has 0 spiro atoms. The van der Waals surface area contributed by atoms with Crippen molar-refractivity contribution in [3.05, 3.63) is 16.7 Å². The number of aliphatic hydroxyl groups excluding tert-OH is 1. The summed E-state index contributed by atoms with van der Waals surface area (Å²) in [4.78, 5) is 35.1. The van der Waals surface area contributed by atoms with E-state index in [0.29, 0.717) is 5.65 Å². The Morgan fingerprint density at radius 2 is 2.16 bits per heavy atom. The lowest BCUT2D eigenvalue weighted by Gasteiger charge is -2.18. The predicted octanol–water partition coefficient (Wildman–Crippen LogP) is 0.876. The summed E-state index contributed by atoms with van der Waals surface area (Å²) in [6.07, 6.45) is 0.842. The van der Waals surface area contributed by atoms with Crippen LogP contribution in [0.1, 0.15) is 33.9 Å². The van der Waals surface area contributed by atoms with Crippen molar-refractivity contribution in [1.29, 1.82) is 0 Å². The Morgan fingerprint density at radius 3 is 2.76 bits per heavy atom. The molecule has 0 aliphatic carbocycles. The average Bonchev–Trinajstić information content (AvgIpc) is 3.10. The molecule has 0 aromatic carbocycles. The summed E-state index contributed by atoms with van der Waals surface area (Å²) in [5, 5.41) is 12.0. The Labute approximate surface area is 144 Å². The van der Waals surface area contributed by atoms with Gasteiger partial charge in [-0.1, -0.05) is 27.7 Å². The Hall–Kier alpha value is -2.26. The van der Waals surface area contributed by atoms with Crippen molar-refractivity contribution in [1.82, 2.24) is 19.5 Å². The molecule has 1 aliphatic rings. The lowest BCUT2D eigenvalue weighted by molar-refractivity contribution is -0.118. The van der Waals surface area contributed by atoms with Gasteiger partial charge in [0.2, 0.25) is 11.9 Å². The minimum atomic E-state index is -0.430. The molecule has 4 atom stereocenters. The number of aromatic nitrogens is 4. The molecule has 136 valence electrons. The Balaban J connectivity index is 2.01. The molecule has 9 nitrogen and oxygen atoms in total. The van der Waals surface area contributed by atoms with Crippen LogP contribution in [-0.4, -0.2) is 43.2 Å². The van der Waals surface area contributed by atoms with E-state index < -0.39 is 5.56 Å². The van der Waals surface area contributed by atoms with E-state index >= 15 is 0 Å². The maximum atomic E-state index is 12.2. The standard InChI is InChI=1S/C16H23N5O4/c1-7(2)13(23)19-16-18-12-11(14(24)20-16)17-6-21(12)15-9(4)8(3)10(5-22)25-15/h6-10,15,22H,5H2,1-4H3,(H2,18,19,20,23,24)/t8-,9+,10+,15+/m0/s1. The number of H-pyrrole nitrogens is 1. The largest absolute Gasteiger partial charge is 0.394 e. The van der Waals surface area contributed by atoms with Gasteiger partial charge in [0.25, 0.3) is 5.56 Å². The minimum Gasteiger partial charge on any atom is -0.394 e. The van der Waals surface area contributed by atoms with Gasteiger partial charge in [-0.25, -0.2) is 4.98 Å². The molecule has 25 heavy (non-hydrogen) atoms. The summed E-state index contributed by atoms with van der Waals surface area (Å²) in [6, 6.07) is 0. The Kier molecular flexibility index (Phi) is 4.61. The number of nitrogens with zero attached hydrogens (tertiary/aromatic N) is 3. The molecule has 0 saturated carbocycles. The van der Waals surface area contributed by atoms with Gasteiger partial charge in [0.15, 0.2) is 11.2 Å². The fraction of sp³-hybridized carbons (Fsp3) is 0.625. The lowest BCUT2D eigenvalue weighted by Crippen LogP contribution is -2.23. The van der Waals surface area contributed by atoms with Crippen molar-refractivity contribution in [3.8, 4) is 0 Å². The summed E-state index contributed by atoms with van der Waals surface area (Å²) >= 11 is 0. The highest BCUT2D eigenvalue weighted by Gasteiger charge is 2.40. The number of aliphatic hydroxyl groups is 1. The van der Waals surface area contributed by atoms with Crippen LogP contribution in [0, 0.1) is 17.8 Å². The number of imidazole rings is 1. The molecule has 0 bridgehead atoms. The number of ether oxygens (including phenoxy) is 1. The van der Waals surface area contributed by atoms with Crippen LogP contribution in [0.25, 0.3) is 11.2 Å². The van der Waals surface area contributed by atoms with Crippen LogP contribution in [-0.2, 0) is 9.53 Å². The van der Waals surface area contributed by atoms with Crippen molar-refractivity contribution in [2.75, 3.05) is 11.9 Å². The SMILES string of the molecule is CC(C)C(=O)Nc1nc2c(ncn2[C@@H]2O[C@H](CO)[C@@H](C)[C@H]2C)c(=O)[nH]1. The molecule has 1 amide bonds. The molecule has 0 unspecified atom stereocenters. The zero-order valence-corrected chi connectivity index (χ0v) is 14.7. The first-order valence-electron chi connectivity index (χ1n) is 8.37. The normalized spacial score (nSPS) is 26.5. The van der Waals surface area contributed by atoms with Crippen molar-refractivity contribution in [3.63, 3.8) is 0 Å². The summed E-state index contributed by atoms with van der Waals surface area (Å²) in [7, 11) is 0. The molecular formula is C16H23N5O4. The number of aromatic amines is 1. The second-order valence-corrected chi connectivity index (χ2v) is 6.85. The van der Waals surface area contributed by atoms with E-state index in [1.165, 1.54) is 6.33 Å². The number of amides is 1. The van der Waals surface area contributed by atoms with Crippen LogP contribution >= 0.6 is 0 Å². The summed E-state index contributed by atoms with van der Waals surface area (Å²) in [5.41, 5.74) is 0.0871. The third kappa shape index (κ3) is 3.05. The summed E-state index contributed by atoms with van der Waals surface area (Å²) in [5.74, 6) is -0.155. The van der Waals surface area contributed by atoms with Crippen LogP contribution in [0.15, 0.2) is 11.1 Å². The minimum absolute atomic E-state index is 0.0711. The van der Waals surface area contributed by atoms with Crippen molar-refractivity contribution in [2.24, 2.45) is 17.8 Å². The summed E-state index contributed by atoms with van der Waals surface area (Å²) in [6.45, 7) is 7.46. The molecule has 0 radical (unpaired) electrons. The molecule has 1 aliphatic heterocycles. The first-order chi connectivity index (χ1) is 11.8. The first kappa shape index (κ1) is 17.6. The fourth-order valence-corrected chi connectivity index (χ4v) is 2.99. The molecule has 3 heterocycles. The lowest BCUT2D eigenvalue weighted by atomic mass is 9.93. The Bertz CT molecular complexity index is 843. The van der Waals surface area contributed by atoms with Gasteiger partial charge >= 0.3 is 0 Å². The van der Waals surface area contributed by atoms with E-state index in [1.54, 1.807) is 18.4 Å². The zero-order valence-electron chi connectivity index (χ0n) is 14.7. The van der Waals surface area contributed by atoms with E-state index in [0.717, 1.165) is 0 Å². The predicted molar refractivity (Wildman–Crippen MR) is 90.9 cm³/mol. The van der Waals surface area contributed by atoms with Crippen LogP contribution in [0.3, 0.4) is 0 Å². The highest BCUT2D eigenvalue weighted by molar-refractivity contribution is 5.91. The van der Waals surface area contributed by atoms with Crippen molar-refractivity contribution < 1.29 is 14.6 Å². The van der Waals surface area contributed by atoms with E-state index in [9.17, 15) is 14.7 Å². The second kappa shape index (κ2) is 6.57. The van der Waals surface area contributed by atoms with Gasteiger partial charge in [-0.2, -0.15) is 4.98 Å². The van der Waals surface area contributed by atoms with Gasteiger partial charge in [-0.3, -0.25) is 24.5 Å². The number of nitrogens with one attached hydrogen (secondary N) is 2. The number of hydrogen-bond acceptors (Lipinski definition) is 6. The fourth-order valence-electron chi connectivity index (χ4n) is 2.99. The van der Waals surface area contributed by atoms with E-state index in [4.69, 9.17) is 4.74 Å². The molecule has 1 saturated heterocycles. The third-order valence-corrected chi connectivity index (χ3v) is 4.83. The highest BCUT2D eigenvalue weighted by Crippen LogP contribution is 2.39. The molecule has 2 aromatic heterocycles. The van der Waals surface area contributed by atoms with Crippen LogP contribution < -0.4 is 10.9 Å². The smallest absolute Gasteiger partial charge is 0.280 e. The summed E-state index contributed by atoms with van der Waals surface area (Å²) < 4.78 is 7.61. The molecule has 9 heteroatoms. The number of carbonyl (C=O) groups is 1. The van der Waals surface area contributed by atoms with Gasteiger partial charge in [0.1, 0.15) is 6.23 Å². The maximum absolute atomic E-state index is 12.2. The van der Waals surface area contributed by atoms with Crippen LogP contribution in [0.2, 0.25) is 0 Å². The van der Waals surface area contributed by atoms with Crippen LogP contribution in [0.5, 0.6) is 0 Å². The maximum Gasteiger partial charge on any atom is 0.280 e.